The molecule has 2 aromatic carbocycles. The lowest BCUT2D eigenvalue weighted by atomic mass is 9.84. The standard InChI is InChI=1S/C23H22N4O3/c1-3-28-19-11-16(9-10-18(19)29-13-15-7-5-4-6-8-15)21-17(12-24)22(25)30-23-20(21)14(2)26-27-23/h4-11,21H,3,13,25H2,1-2H3,(H,26,27)/t21-/m0/s1. The Morgan fingerprint density at radius 3 is 2.70 bits per heavy atom. The first-order chi connectivity index (χ1) is 14.6. The Morgan fingerprint density at radius 1 is 1.17 bits per heavy atom. The highest BCUT2D eigenvalue weighted by atomic mass is 16.5. The monoisotopic (exact) mass is 402 g/mol. The van der Waals surface area contributed by atoms with Crippen LogP contribution in [0.15, 0.2) is 60.0 Å². The van der Waals surface area contributed by atoms with E-state index in [2.05, 4.69) is 16.3 Å². The molecule has 0 saturated carbocycles. The van der Waals surface area contributed by atoms with Crippen molar-refractivity contribution in [3.63, 3.8) is 0 Å². The van der Waals surface area contributed by atoms with Gasteiger partial charge in [0.15, 0.2) is 11.5 Å². The van der Waals surface area contributed by atoms with Gasteiger partial charge in [0.05, 0.1) is 12.5 Å². The van der Waals surface area contributed by atoms with Gasteiger partial charge in [-0.3, -0.25) is 5.10 Å². The molecule has 3 N–H and O–H groups in total. The summed E-state index contributed by atoms with van der Waals surface area (Å²) < 4.78 is 17.4. The van der Waals surface area contributed by atoms with Gasteiger partial charge in [0.25, 0.3) is 0 Å². The minimum absolute atomic E-state index is 0.0591. The molecular formula is C23H22N4O3. The van der Waals surface area contributed by atoms with E-state index < -0.39 is 5.92 Å². The van der Waals surface area contributed by atoms with Crippen molar-refractivity contribution in [1.82, 2.24) is 10.2 Å². The van der Waals surface area contributed by atoms with E-state index in [1.165, 1.54) is 0 Å². The van der Waals surface area contributed by atoms with Crippen LogP contribution in [0.1, 0.15) is 35.2 Å². The molecule has 30 heavy (non-hydrogen) atoms. The fourth-order valence-electron chi connectivity index (χ4n) is 3.56. The zero-order chi connectivity index (χ0) is 21.1. The fraction of sp³-hybridized carbons (Fsp3) is 0.217. The van der Waals surface area contributed by atoms with Crippen molar-refractivity contribution in [2.45, 2.75) is 26.4 Å². The number of ether oxygens (including phenoxy) is 3. The molecule has 1 aromatic heterocycles. The minimum Gasteiger partial charge on any atom is -0.490 e. The zero-order valence-corrected chi connectivity index (χ0v) is 16.8. The number of hydrogen-bond donors (Lipinski definition) is 2. The topological polar surface area (TPSA) is 106 Å². The number of nitrogens with zero attached hydrogens (tertiary/aromatic N) is 2. The van der Waals surface area contributed by atoms with Crippen molar-refractivity contribution in [1.29, 1.82) is 5.26 Å². The van der Waals surface area contributed by atoms with Crippen LogP contribution < -0.4 is 19.9 Å². The molecule has 4 rings (SSSR count). The molecule has 7 heteroatoms. The van der Waals surface area contributed by atoms with Crippen LogP contribution in [0.5, 0.6) is 17.4 Å². The van der Waals surface area contributed by atoms with E-state index in [0.29, 0.717) is 36.2 Å². The summed E-state index contributed by atoms with van der Waals surface area (Å²) >= 11 is 0. The number of nitriles is 1. The molecule has 7 nitrogen and oxygen atoms in total. The van der Waals surface area contributed by atoms with E-state index in [-0.39, 0.29) is 5.88 Å². The summed E-state index contributed by atoms with van der Waals surface area (Å²) in [5.74, 6) is 1.28. The van der Waals surface area contributed by atoms with Crippen LogP contribution in [0.2, 0.25) is 0 Å². The minimum atomic E-state index is -0.403. The van der Waals surface area contributed by atoms with Crippen molar-refractivity contribution in [2.75, 3.05) is 6.61 Å². The molecule has 0 unspecified atom stereocenters. The molecule has 0 amide bonds. The molecule has 0 fully saturated rings. The molecule has 0 radical (unpaired) electrons. The number of H-pyrrole nitrogens is 1. The van der Waals surface area contributed by atoms with Gasteiger partial charge in [-0.25, -0.2) is 0 Å². The predicted molar refractivity (Wildman–Crippen MR) is 111 cm³/mol. The molecule has 0 saturated heterocycles. The van der Waals surface area contributed by atoms with Crippen molar-refractivity contribution in [3.05, 3.63) is 82.4 Å². The second kappa shape index (κ2) is 8.21. The van der Waals surface area contributed by atoms with E-state index >= 15 is 0 Å². The smallest absolute Gasteiger partial charge is 0.244 e. The third kappa shape index (κ3) is 3.55. The van der Waals surface area contributed by atoms with Gasteiger partial charge >= 0.3 is 0 Å². The quantitative estimate of drug-likeness (QED) is 0.647. The molecule has 152 valence electrons. The van der Waals surface area contributed by atoms with E-state index in [1.54, 1.807) is 0 Å². The maximum Gasteiger partial charge on any atom is 0.244 e. The highest BCUT2D eigenvalue weighted by Gasteiger charge is 2.34. The third-order valence-electron chi connectivity index (χ3n) is 4.97. The molecule has 0 bridgehead atoms. The number of benzene rings is 2. The Labute approximate surface area is 174 Å². The number of allylic oxidation sites excluding steroid dienone is 1. The Hall–Kier alpha value is -3.92. The summed E-state index contributed by atoms with van der Waals surface area (Å²) in [6, 6.07) is 17.8. The number of fused-ring (bicyclic) bond motifs is 1. The molecule has 0 aliphatic carbocycles. The SMILES string of the molecule is CCOc1cc([C@H]2C(C#N)=C(N)Oc3n[nH]c(C)c32)ccc1OCc1ccccc1. The lowest BCUT2D eigenvalue weighted by Crippen LogP contribution is -2.21. The molecular weight excluding hydrogens is 380 g/mol. The first-order valence-electron chi connectivity index (χ1n) is 9.68. The summed E-state index contributed by atoms with van der Waals surface area (Å²) in [5.41, 5.74) is 9.87. The van der Waals surface area contributed by atoms with Crippen LogP contribution in [0.4, 0.5) is 0 Å². The van der Waals surface area contributed by atoms with Crippen LogP contribution in [-0.4, -0.2) is 16.8 Å². The van der Waals surface area contributed by atoms with E-state index in [4.69, 9.17) is 19.9 Å². The van der Waals surface area contributed by atoms with Crippen LogP contribution in [0.3, 0.4) is 0 Å². The molecule has 0 spiro atoms. The number of hydrogen-bond acceptors (Lipinski definition) is 6. The van der Waals surface area contributed by atoms with E-state index in [9.17, 15) is 5.26 Å². The first-order valence-corrected chi connectivity index (χ1v) is 9.68. The Balaban J connectivity index is 1.71. The summed E-state index contributed by atoms with van der Waals surface area (Å²) in [5, 5.41) is 16.8. The average Bonchev–Trinajstić information content (AvgIpc) is 3.12. The fourth-order valence-corrected chi connectivity index (χ4v) is 3.56. The highest BCUT2D eigenvalue weighted by Crippen LogP contribution is 2.44. The zero-order valence-electron chi connectivity index (χ0n) is 16.8. The molecule has 2 heterocycles. The summed E-state index contributed by atoms with van der Waals surface area (Å²) in [6.07, 6.45) is 0. The van der Waals surface area contributed by atoms with Crippen molar-refractivity contribution in [2.24, 2.45) is 5.73 Å². The van der Waals surface area contributed by atoms with E-state index in [1.807, 2.05) is 62.4 Å². The molecule has 3 aromatic rings. The predicted octanol–water partition coefficient (Wildman–Crippen LogP) is 3.91. The van der Waals surface area contributed by atoms with Gasteiger partial charge < -0.3 is 19.9 Å². The van der Waals surface area contributed by atoms with Gasteiger partial charge in [-0.05, 0) is 37.1 Å². The Morgan fingerprint density at radius 2 is 1.97 bits per heavy atom. The van der Waals surface area contributed by atoms with Crippen LogP contribution in [0.25, 0.3) is 0 Å². The second-order valence-corrected chi connectivity index (χ2v) is 6.91. The van der Waals surface area contributed by atoms with Crippen LogP contribution in [0, 0.1) is 18.3 Å². The van der Waals surface area contributed by atoms with Crippen molar-refractivity contribution in [3.8, 4) is 23.4 Å². The average molecular weight is 402 g/mol. The lowest BCUT2D eigenvalue weighted by Gasteiger charge is -2.24. The first kappa shape index (κ1) is 19.4. The summed E-state index contributed by atoms with van der Waals surface area (Å²) in [7, 11) is 0. The van der Waals surface area contributed by atoms with Crippen molar-refractivity contribution >= 4 is 0 Å². The van der Waals surface area contributed by atoms with E-state index in [0.717, 1.165) is 22.4 Å². The Kier molecular flexibility index (Phi) is 5.31. The van der Waals surface area contributed by atoms with Gasteiger partial charge in [0.1, 0.15) is 18.2 Å². The third-order valence-corrected chi connectivity index (χ3v) is 4.97. The number of nitrogens with two attached hydrogens (primary N) is 1. The van der Waals surface area contributed by atoms with Crippen molar-refractivity contribution < 1.29 is 14.2 Å². The lowest BCUT2D eigenvalue weighted by molar-refractivity contribution is 0.269. The number of nitrogens with one attached hydrogen (secondary N) is 1. The molecule has 1 atom stereocenters. The van der Waals surface area contributed by atoms with Gasteiger partial charge in [-0.1, -0.05) is 36.4 Å². The molecule has 1 aliphatic rings. The highest BCUT2D eigenvalue weighted by molar-refractivity contribution is 5.57. The number of aromatic amines is 1. The summed E-state index contributed by atoms with van der Waals surface area (Å²) in [4.78, 5) is 0. The maximum atomic E-state index is 9.73. The summed E-state index contributed by atoms with van der Waals surface area (Å²) in [6.45, 7) is 4.72. The Bertz CT molecular complexity index is 1130. The van der Waals surface area contributed by atoms with Crippen LogP contribution in [-0.2, 0) is 6.61 Å². The van der Waals surface area contributed by atoms with Gasteiger partial charge in [-0.15, -0.1) is 5.10 Å². The van der Waals surface area contributed by atoms with Crippen LogP contribution >= 0.6 is 0 Å². The normalized spacial score (nSPS) is 15.2. The largest absolute Gasteiger partial charge is 0.490 e. The number of aryl methyl sites for hydroxylation is 1. The maximum absolute atomic E-state index is 9.73. The van der Waals surface area contributed by atoms with Gasteiger partial charge in [0.2, 0.25) is 11.8 Å². The van der Waals surface area contributed by atoms with Gasteiger partial charge in [-0.2, -0.15) is 5.26 Å². The number of aromatic nitrogens is 2. The van der Waals surface area contributed by atoms with Gasteiger partial charge in [0, 0.05) is 11.3 Å². The second-order valence-electron chi connectivity index (χ2n) is 6.91. The number of rotatable bonds is 6. The molecule has 1 aliphatic heterocycles.